The van der Waals surface area contributed by atoms with E-state index in [4.69, 9.17) is 23.7 Å². The van der Waals surface area contributed by atoms with Crippen molar-refractivity contribution in [3.63, 3.8) is 0 Å². The molecule has 0 saturated carbocycles. The molecule has 2 aromatic rings. The molecule has 8 heteroatoms. The van der Waals surface area contributed by atoms with Gasteiger partial charge in [-0.1, -0.05) is 6.07 Å². The van der Waals surface area contributed by atoms with Crippen molar-refractivity contribution in [1.82, 2.24) is 10.2 Å². The van der Waals surface area contributed by atoms with Crippen LogP contribution in [0.3, 0.4) is 0 Å². The van der Waals surface area contributed by atoms with Crippen molar-refractivity contribution in [3.05, 3.63) is 45.9 Å². The van der Waals surface area contributed by atoms with E-state index in [2.05, 4.69) is 32.2 Å². The summed E-state index contributed by atoms with van der Waals surface area (Å²) in [6, 6.07) is 9.96. The maximum absolute atomic E-state index is 6.09. The molecule has 2 aromatic carbocycles. The number of morpholine rings is 1. The highest BCUT2D eigenvalue weighted by atomic mass is 79.9. The zero-order chi connectivity index (χ0) is 21.5. The lowest BCUT2D eigenvalue weighted by atomic mass is 10.2. The van der Waals surface area contributed by atoms with E-state index in [1.165, 1.54) is 0 Å². The normalized spacial score (nSPS) is 16.2. The van der Waals surface area contributed by atoms with Crippen LogP contribution in [-0.2, 0) is 17.9 Å². The molecule has 1 saturated heterocycles. The Balaban J connectivity index is 1.32. The van der Waals surface area contributed by atoms with Gasteiger partial charge in [-0.15, -0.1) is 0 Å². The predicted octanol–water partition coefficient (Wildman–Crippen LogP) is 3.23. The van der Waals surface area contributed by atoms with E-state index in [-0.39, 0.29) is 0 Å². The highest BCUT2D eigenvalue weighted by Gasteiger charge is 2.15. The summed E-state index contributed by atoms with van der Waals surface area (Å²) in [7, 11) is 1.66. The fourth-order valence-electron chi connectivity index (χ4n) is 3.64. The molecule has 0 radical (unpaired) electrons. The number of benzene rings is 2. The minimum atomic E-state index is 0.406. The van der Waals surface area contributed by atoms with Gasteiger partial charge >= 0.3 is 0 Å². The summed E-state index contributed by atoms with van der Waals surface area (Å²) in [5.41, 5.74) is 2.14. The molecule has 0 atom stereocenters. The minimum absolute atomic E-state index is 0.406. The molecule has 0 unspecified atom stereocenters. The van der Waals surface area contributed by atoms with Crippen LogP contribution >= 0.6 is 15.9 Å². The van der Waals surface area contributed by atoms with Crippen molar-refractivity contribution in [2.75, 3.05) is 59.7 Å². The smallest absolute Gasteiger partial charge is 0.175 e. The van der Waals surface area contributed by atoms with Gasteiger partial charge in [0.2, 0.25) is 0 Å². The topological polar surface area (TPSA) is 61.4 Å². The lowest BCUT2D eigenvalue weighted by Crippen LogP contribution is -2.40. The number of methoxy groups -OCH3 is 1. The van der Waals surface area contributed by atoms with E-state index in [1.807, 2.05) is 24.3 Å². The molecular weight excluding hydrogens is 464 g/mol. The monoisotopic (exact) mass is 492 g/mol. The molecule has 0 aliphatic carbocycles. The lowest BCUT2D eigenvalue weighted by Gasteiger charge is -2.26. The highest BCUT2D eigenvalue weighted by Crippen LogP contribution is 2.38. The average Bonchev–Trinajstić information content (AvgIpc) is 2.81. The second-order valence-electron chi connectivity index (χ2n) is 7.51. The standard InChI is InChI=1S/C23H29BrN2O5/c1-27-22-14-18(15-25-4-5-26-6-8-28-9-7-26)12-19(24)23(22)31-16-17-2-3-20-21(13-17)30-11-10-29-20/h2-3,12-14,25H,4-11,15-16H2,1H3. The summed E-state index contributed by atoms with van der Waals surface area (Å²) < 4.78 is 29.2. The molecule has 0 spiro atoms. The number of nitrogens with one attached hydrogen (secondary N) is 1. The minimum Gasteiger partial charge on any atom is -0.493 e. The van der Waals surface area contributed by atoms with Gasteiger partial charge in [-0.25, -0.2) is 0 Å². The Morgan fingerprint density at radius 3 is 2.61 bits per heavy atom. The van der Waals surface area contributed by atoms with Crippen LogP contribution in [-0.4, -0.2) is 64.6 Å². The Morgan fingerprint density at radius 2 is 1.81 bits per heavy atom. The zero-order valence-corrected chi connectivity index (χ0v) is 19.4. The molecule has 0 amide bonds. The van der Waals surface area contributed by atoms with Gasteiger partial charge in [-0.3, -0.25) is 4.90 Å². The largest absolute Gasteiger partial charge is 0.493 e. The second-order valence-corrected chi connectivity index (χ2v) is 8.36. The summed E-state index contributed by atoms with van der Waals surface area (Å²) in [5.74, 6) is 2.93. The van der Waals surface area contributed by atoms with Crippen molar-refractivity contribution in [2.24, 2.45) is 0 Å². The number of halogens is 1. The summed E-state index contributed by atoms with van der Waals surface area (Å²) in [4.78, 5) is 2.42. The van der Waals surface area contributed by atoms with Gasteiger partial charge < -0.3 is 29.0 Å². The van der Waals surface area contributed by atoms with Crippen LogP contribution in [0.4, 0.5) is 0 Å². The number of hydrogen-bond donors (Lipinski definition) is 1. The Labute approximate surface area is 191 Å². The van der Waals surface area contributed by atoms with Crippen molar-refractivity contribution in [1.29, 1.82) is 0 Å². The van der Waals surface area contributed by atoms with Crippen LogP contribution in [0.5, 0.6) is 23.0 Å². The summed E-state index contributed by atoms with van der Waals surface area (Å²) in [5, 5.41) is 3.51. The predicted molar refractivity (Wildman–Crippen MR) is 121 cm³/mol. The molecule has 0 bridgehead atoms. The second kappa shape index (κ2) is 11.0. The van der Waals surface area contributed by atoms with E-state index in [1.54, 1.807) is 7.11 Å². The first-order chi connectivity index (χ1) is 15.2. The summed E-state index contributed by atoms with van der Waals surface area (Å²) in [6.45, 7) is 7.97. The molecule has 2 aliphatic heterocycles. The van der Waals surface area contributed by atoms with Gasteiger partial charge in [0.15, 0.2) is 23.0 Å². The van der Waals surface area contributed by atoms with Gasteiger partial charge in [0.05, 0.1) is 24.8 Å². The SMILES string of the molecule is COc1cc(CNCCN2CCOCC2)cc(Br)c1OCc1ccc2c(c1)OCCO2. The van der Waals surface area contributed by atoms with Gasteiger partial charge in [0, 0.05) is 32.7 Å². The van der Waals surface area contributed by atoms with Gasteiger partial charge in [-0.05, 0) is 51.3 Å². The third-order valence-electron chi connectivity index (χ3n) is 5.32. The first-order valence-electron chi connectivity index (χ1n) is 10.6. The molecule has 0 aromatic heterocycles. The van der Waals surface area contributed by atoms with Crippen LogP contribution in [0.25, 0.3) is 0 Å². The van der Waals surface area contributed by atoms with E-state index < -0.39 is 0 Å². The van der Waals surface area contributed by atoms with E-state index in [0.29, 0.717) is 31.3 Å². The molecule has 1 fully saturated rings. The number of rotatable bonds is 9. The summed E-state index contributed by atoms with van der Waals surface area (Å²) >= 11 is 3.64. The molecule has 1 N–H and O–H groups in total. The third-order valence-corrected chi connectivity index (χ3v) is 5.91. The quantitative estimate of drug-likeness (QED) is 0.539. The average molecular weight is 493 g/mol. The van der Waals surface area contributed by atoms with E-state index >= 15 is 0 Å². The van der Waals surface area contributed by atoms with Crippen molar-refractivity contribution < 1.29 is 23.7 Å². The molecule has 31 heavy (non-hydrogen) atoms. The van der Waals surface area contributed by atoms with Crippen LogP contribution < -0.4 is 24.3 Å². The first-order valence-corrected chi connectivity index (χ1v) is 11.4. The molecule has 2 heterocycles. The van der Waals surface area contributed by atoms with Crippen molar-refractivity contribution >= 4 is 15.9 Å². The van der Waals surface area contributed by atoms with Crippen LogP contribution in [0.2, 0.25) is 0 Å². The van der Waals surface area contributed by atoms with Crippen molar-refractivity contribution in [2.45, 2.75) is 13.2 Å². The van der Waals surface area contributed by atoms with Crippen LogP contribution in [0.15, 0.2) is 34.8 Å². The number of nitrogens with zero attached hydrogens (tertiary/aromatic N) is 1. The maximum Gasteiger partial charge on any atom is 0.175 e. The van der Waals surface area contributed by atoms with Gasteiger partial charge in [0.25, 0.3) is 0 Å². The Hall–Kier alpha value is -2.00. The Morgan fingerprint density at radius 1 is 1.00 bits per heavy atom. The molecule has 4 rings (SSSR count). The molecular formula is C23H29BrN2O5. The number of fused-ring (bicyclic) bond motifs is 1. The van der Waals surface area contributed by atoms with Crippen LogP contribution in [0.1, 0.15) is 11.1 Å². The van der Waals surface area contributed by atoms with Gasteiger partial charge in [-0.2, -0.15) is 0 Å². The third kappa shape index (κ3) is 6.04. The molecule has 168 valence electrons. The summed E-state index contributed by atoms with van der Waals surface area (Å²) in [6.07, 6.45) is 0. The maximum atomic E-state index is 6.09. The molecule has 2 aliphatic rings. The van der Waals surface area contributed by atoms with Crippen LogP contribution in [0, 0.1) is 0 Å². The van der Waals surface area contributed by atoms with Gasteiger partial charge in [0.1, 0.15) is 19.8 Å². The Kier molecular flexibility index (Phi) is 7.91. The fraction of sp³-hybridized carbons (Fsp3) is 0.478. The van der Waals surface area contributed by atoms with Crippen molar-refractivity contribution in [3.8, 4) is 23.0 Å². The Bertz CT molecular complexity index is 873. The first kappa shape index (κ1) is 22.2. The fourth-order valence-corrected chi connectivity index (χ4v) is 4.25. The van der Waals surface area contributed by atoms with E-state index in [0.717, 1.165) is 73.0 Å². The number of hydrogen-bond acceptors (Lipinski definition) is 7. The number of ether oxygens (including phenoxy) is 5. The molecule has 7 nitrogen and oxygen atoms in total. The lowest BCUT2D eigenvalue weighted by molar-refractivity contribution is 0.0384. The zero-order valence-electron chi connectivity index (χ0n) is 17.8. The highest BCUT2D eigenvalue weighted by molar-refractivity contribution is 9.10. The van der Waals surface area contributed by atoms with E-state index in [9.17, 15) is 0 Å².